The lowest BCUT2D eigenvalue weighted by Gasteiger charge is -2.26. The van der Waals surface area contributed by atoms with Gasteiger partial charge in [-0.15, -0.1) is 11.8 Å². The lowest BCUT2D eigenvalue weighted by atomic mass is 10.1. The molecule has 1 aromatic rings. The molecule has 98 valence electrons. The van der Waals surface area contributed by atoms with Gasteiger partial charge in [-0.3, -0.25) is 4.79 Å². The number of phenolic OH excluding ortho intramolecular Hbond substituents is 1. The second-order valence-corrected chi connectivity index (χ2v) is 5.70. The number of rotatable bonds is 4. The van der Waals surface area contributed by atoms with E-state index >= 15 is 0 Å². The molecule has 0 spiro atoms. The van der Waals surface area contributed by atoms with Crippen molar-refractivity contribution in [1.82, 2.24) is 4.90 Å². The van der Waals surface area contributed by atoms with Crippen molar-refractivity contribution >= 4 is 17.7 Å². The fourth-order valence-electron chi connectivity index (χ4n) is 2.10. The van der Waals surface area contributed by atoms with Gasteiger partial charge in [0, 0.05) is 30.2 Å². The second kappa shape index (κ2) is 6.69. The van der Waals surface area contributed by atoms with Crippen LogP contribution in [0.15, 0.2) is 29.2 Å². The number of aromatic hydroxyl groups is 1. The summed E-state index contributed by atoms with van der Waals surface area (Å²) >= 11 is 1.66. The lowest BCUT2D eigenvalue weighted by molar-refractivity contribution is -0.131. The van der Waals surface area contributed by atoms with Gasteiger partial charge in [0.05, 0.1) is 0 Å². The van der Waals surface area contributed by atoms with Crippen LogP contribution < -0.4 is 0 Å². The zero-order valence-electron chi connectivity index (χ0n) is 10.5. The Balaban J connectivity index is 1.71. The van der Waals surface area contributed by atoms with E-state index in [2.05, 4.69) is 0 Å². The molecule has 1 aliphatic heterocycles. The molecule has 3 nitrogen and oxygen atoms in total. The highest BCUT2D eigenvalue weighted by atomic mass is 32.2. The predicted molar refractivity (Wildman–Crippen MR) is 73.9 cm³/mol. The monoisotopic (exact) mass is 265 g/mol. The number of hydrogen-bond donors (Lipinski definition) is 1. The number of piperidine rings is 1. The molecule has 1 aromatic carbocycles. The molecule has 0 saturated carbocycles. The molecule has 1 N–H and O–H groups in total. The van der Waals surface area contributed by atoms with Crippen molar-refractivity contribution in [1.29, 1.82) is 0 Å². The van der Waals surface area contributed by atoms with E-state index in [1.165, 1.54) is 6.42 Å². The third-order valence-corrected chi connectivity index (χ3v) is 4.14. The molecule has 0 aliphatic carbocycles. The minimum atomic E-state index is 0.279. The van der Waals surface area contributed by atoms with Crippen molar-refractivity contribution in [2.24, 2.45) is 0 Å². The van der Waals surface area contributed by atoms with Gasteiger partial charge in [0.25, 0.3) is 0 Å². The highest BCUT2D eigenvalue weighted by Gasteiger charge is 2.15. The fraction of sp³-hybridized carbons (Fsp3) is 0.500. The van der Waals surface area contributed by atoms with Crippen LogP contribution in [0.25, 0.3) is 0 Å². The lowest BCUT2D eigenvalue weighted by Crippen LogP contribution is -2.35. The molecule has 0 bridgehead atoms. The predicted octanol–water partition coefficient (Wildman–Crippen LogP) is 2.89. The maximum Gasteiger partial charge on any atom is 0.223 e. The van der Waals surface area contributed by atoms with Crippen LogP contribution in [0.3, 0.4) is 0 Å². The molecule has 4 heteroatoms. The van der Waals surface area contributed by atoms with Gasteiger partial charge < -0.3 is 10.0 Å². The van der Waals surface area contributed by atoms with Crippen LogP contribution in [0.1, 0.15) is 25.7 Å². The van der Waals surface area contributed by atoms with Crippen LogP contribution in [-0.4, -0.2) is 34.8 Å². The number of carbonyl (C=O) groups excluding carboxylic acids is 1. The van der Waals surface area contributed by atoms with Crippen molar-refractivity contribution in [3.05, 3.63) is 24.3 Å². The molecule has 0 unspecified atom stereocenters. The minimum Gasteiger partial charge on any atom is -0.508 e. The first-order valence-electron chi connectivity index (χ1n) is 6.45. The molecular formula is C14H19NO2S. The molecule has 1 fully saturated rings. The molecule has 1 amide bonds. The summed E-state index contributed by atoms with van der Waals surface area (Å²) in [6.07, 6.45) is 4.16. The normalized spacial score (nSPS) is 15.7. The SMILES string of the molecule is O=C(CCSc1ccc(O)cc1)N1CCCCC1. The molecule has 1 aliphatic rings. The molecule has 0 aromatic heterocycles. The van der Waals surface area contributed by atoms with Gasteiger partial charge in [0.1, 0.15) is 5.75 Å². The highest BCUT2D eigenvalue weighted by Crippen LogP contribution is 2.21. The topological polar surface area (TPSA) is 40.5 Å². The van der Waals surface area contributed by atoms with Crippen molar-refractivity contribution in [3.63, 3.8) is 0 Å². The van der Waals surface area contributed by atoms with E-state index in [1.54, 1.807) is 23.9 Å². The summed E-state index contributed by atoms with van der Waals surface area (Å²) in [5.41, 5.74) is 0. The number of phenols is 1. The first kappa shape index (κ1) is 13.3. The van der Waals surface area contributed by atoms with Gasteiger partial charge in [-0.1, -0.05) is 0 Å². The molecule has 1 heterocycles. The third-order valence-electron chi connectivity index (χ3n) is 3.13. The summed E-state index contributed by atoms with van der Waals surface area (Å²) in [6, 6.07) is 7.11. The number of nitrogens with zero attached hydrogens (tertiary/aromatic N) is 1. The zero-order valence-corrected chi connectivity index (χ0v) is 11.3. The molecule has 2 rings (SSSR count). The smallest absolute Gasteiger partial charge is 0.223 e. The van der Waals surface area contributed by atoms with Crippen molar-refractivity contribution < 1.29 is 9.90 Å². The van der Waals surface area contributed by atoms with Crippen LogP contribution in [0, 0.1) is 0 Å². The quantitative estimate of drug-likeness (QED) is 0.851. The molecular weight excluding hydrogens is 246 g/mol. The zero-order chi connectivity index (χ0) is 12.8. The summed E-state index contributed by atoms with van der Waals surface area (Å²) in [5, 5.41) is 9.17. The van der Waals surface area contributed by atoms with Gasteiger partial charge in [0.15, 0.2) is 0 Å². The van der Waals surface area contributed by atoms with Crippen LogP contribution in [0.2, 0.25) is 0 Å². The number of likely N-dealkylation sites (tertiary alicyclic amines) is 1. The van der Waals surface area contributed by atoms with E-state index in [0.717, 1.165) is 36.6 Å². The van der Waals surface area contributed by atoms with Gasteiger partial charge in [-0.25, -0.2) is 0 Å². The Morgan fingerprint density at radius 3 is 2.50 bits per heavy atom. The van der Waals surface area contributed by atoms with Crippen LogP contribution in [0.5, 0.6) is 5.75 Å². The summed E-state index contributed by atoms with van der Waals surface area (Å²) < 4.78 is 0. The molecule has 1 saturated heterocycles. The van der Waals surface area contributed by atoms with Crippen LogP contribution in [0.4, 0.5) is 0 Å². The third kappa shape index (κ3) is 3.95. The Kier molecular flexibility index (Phi) is 4.93. The maximum atomic E-state index is 11.9. The Morgan fingerprint density at radius 1 is 1.17 bits per heavy atom. The Bertz CT molecular complexity index is 385. The van der Waals surface area contributed by atoms with Gasteiger partial charge in [-0.05, 0) is 43.5 Å². The summed E-state index contributed by atoms with van der Waals surface area (Å²) in [7, 11) is 0. The van der Waals surface area contributed by atoms with E-state index in [1.807, 2.05) is 17.0 Å². The van der Waals surface area contributed by atoms with Crippen LogP contribution in [-0.2, 0) is 4.79 Å². The summed E-state index contributed by atoms with van der Waals surface area (Å²) in [6.45, 7) is 1.87. The van der Waals surface area contributed by atoms with Gasteiger partial charge in [-0.2, -0.15) is 0 Å². The standard InChI is InChI=1S/C14H19NO2S/c16-12-4-6-13(7-5-12)18-11-8-14(17)15-9-2-1-3-10-15/h4-7,16H,1-3,8-11H2. The molecule has 0 atom stereocenters. The first-order chi connectivity index (χ1) is 8.75. The average molecular weight is 265 g/mol. The average Bonchev–Trinajstić information content (AvgIpc) is 2.42. The second-order valence-electron chi connectivity index (χ2n) is 4.53. The number of benzene rings is 1. The van der Waals surface area contributed by atoms with E-state index in [-0.39, 0.29) is 11.7 Å². The summed E-state index contributed by atoms with van der Waals surface area (Å²) in [4.78, 5) is 15.0. The highest BCUT2D eigenvalue weighted by molar-refractivity contribution is 7.99. The molecule has 18 heavy (non-hydrogen) atoms. The van der Waals surface area contributed by atoms with Gasteiger partial charge in [0.2, 0.25) is 5.91 Å². The Morgan fingerprint density at radius 2 is 1.83 bits per heavy atom. The van der Waals surface area contributed by atoms with E-state index < -0.39 is 0 Å². The fourth-order valence-corrected chi connectivity index (χ4v) is 2.94. The number of thioether (sulfide) groups is 1. The minimum absolute atomic E-state index is 0.279. The van der Waals surface area contributed by atoms with Crippen molar-refractivity contribution in [2.45, 2.75) is 30.6 Å². The number of carbonyl (C=O) groups is 1. The maximum absolute atomic E-state index is 11.9. The number of hydrogen-bond acceptors (Lipinski definition) is 3. The largest absolute Gasteiger partial charge is 0.508 e. The van der Waals surface area contributed by atoms with E-state index in [4.69, 9.17) is 0 Å². The van der Waals surface area contributed by atoms with Crippen molar-refractivity contribution in [2.75, 3.05) is 18.8 Å². The Hall–Kier alpha value is -1.16. The van der Waals surface area contributed by atoms with Gasteiger partial charge >= 0.3 is 0 Å². The van der Waals surface area contributed by atoms with E-state index in [9.17, 15) is 9.90 Å². The van der Waals surface area contributed by atoms with Crippen molar-refractivity contribution in [3.8, 4) is 5.75 Å². The molecule has 0 radical (unpaired) electrons. The number of amides is 1. The summed E-state index contributed by atoms with van der Waals surface area (Å²) in [5.74, 6) is 1.37. The van der Waals surface area contributed by atoms with E-state index in [0.29, 0.717) is 6.42 Å². The Labute approximate surface area is 112 Å². The van der Waals surface area contributed by atoms with Crippen LogP contribution >= 0.6 is 11.8 Å². The first-order valence-corrected chi connectivity index (χ1v) is 7.44.